The molecule has 0 saturated carbocycles. The van der Waals surface area contributed by atoms with Crippen LogP contribution in [0.4, 0.5) is 13.2 Å². The predicted molar refractivity (Wildman–Crippen MR) is 82.7 cm³/mol. The second-order valence-corrected chi connectivity index (χ2v) is 9.74. The Kier molecular flexibility index (Phi) is 5.34. The molecule has 1 N–H and O–H groups in total. The van der Waals surface area contributed by atoms with Crippen molar-refractivity contribution in [1.29, 1.82) is 0 Å². The highest BCUT2D eigenvalue weighted by Crippen LogP contribution is 2.42. The summed E-state index contributed by atoms with van der Waals surface area (Å²) in [4.78, 5) is 3.67. The zero-order valence-corrected chi connectivity index (χ0v) is 15.0. The smallest absolute Gasteiger partial charge is 0.271 e. The van der Waals surface area contributed by atoms with E-state index in [0.29, 0.717) is 17.1 Å². The van der Waals surface area contributed by atoms with Crippen LogP contribution in [0.3, 0.4) is 0 Å². The number of aromatic amines is 1. The molecule has 2 rings (SSSR count). The van der Waals surface area contributed by atoms with Gasteiger partial charge >= 0.3 is 6.18 Å². The Morgan fingerprint density at radius 1 is 1.48 bits per heavy atom. The van der Waals surface area contributed by atoms with Crippen molar-refractivity contribution in [2.45, 2.75) is 34.6 Å². The quantitative estimate of drug-likeness (QED) is 0.755. The lowest BCUT2D eigenvalue weighted by Crippen LogP contribution is -2.16. The van der Waals surface area contributed by atoms with E-state index in [1.165, 1.54) is 6.92 Å². The van der Waals surface area contributed by atoms with Crippen molar-refractivity contribution in [1.82, 2.24) is 15.2 Å². The number of H-pyrrole nitrogens is 1. The summed E-state index contributed by atoms with van der Waals surface area (Å²) in [5.74, 6) is 0.461. The highest BCUT2D eigenvalue weighted by molar-refractivity contribution is 7.99. The van der Waals surface area contributed by atoms with E-state index in [0.717, 1.165) is 18.0 Å². The van der Waals surface area contributed by atoms with Gasteiger partial charge in [-0.05, 0) is 12.7 Å². The van der Waals surface area contributed by atoms with Crippen LogP contribution in [0.2, 0.25) is 4.34 Å². The van der Waals surface area contributed by atoms with E-state index < -0.39 is 32.5 Å². The molecule has 1 unspecified atom stereocenters. The maximum Gasteiger partial charge on any atom is 0.435 e. The molecule has 0 aliphatic carbocycles. The monoisotopic (exact) mass is 405 g/mol. The average molecular weight is 406 g/mol. The maximum absolute atomic E-state index is 13.1. The van der Waals surface area contributed by atoms with Gasteiger partial charge in [0.05, 0.1) is 16.5 Å². The second kappa shape index (κ2) is 6.61. The number of thioether (sulfide) groups is 1. The summed E-state index contributed by atoms with van der Waals surface area (Å²) < 4.78 is 64.3. The lowest BCUT2D eigenvalue weighted by molar-refractivity contribution is -0.141. The van der Waals surface area contributed by atoms with Crippen molar-refractivity contribution in [3.05, 3.63) is 21.8 Å². The number of thiazole rings is 1. The van der Waals surface area contributed by atoms with Crippen molar-refractivity contribution in [3.8, 4) is 0 Å². The molecule has 2 aromatic rings. The van der Waals surface area contributed by atoms with Gasteiger partial charge in [0.2, 0.25) is 14.2 Å². The Balaban J connectivity index is 2.57. The standard InChI is InChI=1S/C11H11ClF3N3O2S3/c1-3-21-9-7(8(17-18-9)11(13,14)15)5(2)23(19,20)10-16-4-6(12)22-10/h4-5H,3H2,1-2H3,(H,17,18). The largest absolute Gasteiger partial charge is 0.435 e. The van der Waals surface area contributed by atoms with Gasteiger partial charge in [-0.15, -0.1) is 11.8 Å². The molecule has 0 amide bonds. The summed E-state index contributed by atoms with van der Waals surface area (Å²) >= 11 is 7.43. The van der Waals surface area contributed by atoms with Gasteiger partial charge in [-0.25, -0.2) is 13.4 Å². The summed E-state index contributed by atoms with van der Waals surface area (Å²) in [6.07, 6.45) is -3.61. The minimum Gasteiger partial charge on any atom is -0.271 e. The first-order valence-electron chi connectivity index (χ1n) is 6.22. The van der Waals surface area contributed by atoms with Crippen LogP contribution in [-0.4, -0.2) is 29.4 Å². The van der Waals surface area contributed by atoms with E-state index >= 15 is 0 Å². The number of rotatable bonds is 5. The molecule has 2 aromatic heterocycles. The fraction of sp³-hybridized carbons (Fsp3) is 0.455. The van der Waals surface area contributed by atoms with Crippen molar-refractivity contribution in [3.63, 3.8) is 0 Å². The molecule has 0 saturated heterocycles. The van der Waals surface area contributed by atoms with E-state index in [9.17, 15) is 21.6 Å². The number of hydrogen-bond donors (Lipinski definition) is 1. The Morgan fingerprint density at radius 2 is 2.13 bits per heavy atom. The normalized spacial score (nSPS) is 14.2. The van der Waals surface area contributed by atoms with Crippen LogP contribution in [0.15, 0.2) is 15.6 Å². The van der Waals surface area contributed by atoms with Crippen molar-refractivity contribution in [2.24, 2.45) is 0 Å². The molecule has 128 valence electrons. The Labute approximate surface area is 143 Å². The third kappa shape index (κ3) is 3.67. The van der Waals surface area contributed by atoms with Crippen LogP contribution in [0.25, 0.3) is 0 Å². The third-order valence-electron chi connectivity index (χ3n) is 2.90. The van der Waals surface area contributed by atoms with E-state index in [-0.39, 0.29) is 13.7 Å². The first-order valence-corrected chi connectivity index (χ1v) is 9.95. The van der Waals surface area contributed by atoms with Crippen LogP contribution in [0, 0.1) is 0 Å². The molecule has 0 fully saturated rings. The van der Waals surface area contributed by atoms with E-state index in [4.69, 9.17) is 11.6 Å². The highest BCUT2D eigenvalue weighted by Gasteiger charge is 2.43. The minimum absolute atomic E-state index is 0.0820. The molecule has 0 spiro atoms. The van der Waals surface area contributed by atoms with Crippen molar-refractivity contribution < 1.29 is 21.6 Å². The molecule has 0 bridgehead atoms. The van der Waals surface area contributed by atoms with Gasteiger partial charge in [-0.1, -0.05) is 29.9 Å². The highest BCUT2D eigenvalue weighted by atomic mass is 35.5. The third-order valence-corrected chi connectivity index (χ3v) is 7.40. The Bertz CT molecular complexity index is 801. The number of halogens is 4. The number of sulfone groups is 1. The summed E-state index contributed by atoms with van der Waals surface area (Å²) in [5, 5.41) is 4.16. The molecule has 12 heteroatoms. The summed E-state index contributed by atoms with van der Waals surface area (Å²) in [6.45, 7) is 2.92. The van der Waals surface area contributed by atoms with Crippen molar-refractivity contribution >= 4 is 44.5 Å². The van der Waals surface area contributed by atoms with Gasteiger partial charge in [0.25, 0.3) is 0 Å². The van der Waals surface area contributed by atoms with Gasteiger partial charge in [-0.2, -0.15) is 18.3 Å². The second-order valence-electron chi connectivity index (χ2n) is 4.36. The topological polar surface area (TPSA) is 75.7 Å². The molecule has 0 radical (unpaired) electrons. The number of aromatic nitrogens is 3. The van der Waals surface area contributed by atoms with Crippen molar-refractivity contribution in [2.75, 3.05) is 5.75 Å². The fourth-order valence-corrected chi connectivity index (χ4v) is 5.75. The molecular formula is C11H11ClF3N3O2S3. The SMILES string of the molecule is CCSc1[nH]nc(C(F)(F)F)c1C(C)S(=O)(=O)c1ncc(Cl)s1. The molecular weight excluding hydrogens is 395 g/mol. The molecule has 1 atom stereocenters. The van der Waals surface area contributed by atoms with E-state index in [1.54, 1.807) is 6.92 Å². The average Bonchev–Trinajstić information content (AvgIpc) is 3.04. The molecule has 5 nitrogen and oxygen atoms in total. The number of alkyl halides is 3. The first kappa shape index (κ1) is 18.6. The molecule has 2 heterocycles. The zero-order valence-electron chi connectivity index (χ0n) is 11.8. The van der Waals surface area contributed by atoms with Crippen LogP contribution < -0.4 is 0 Å². The molecule has 23 heavy (non-hydrogen) atoms. The Morgan fingerprint density at radius 3 is 2.61 bits per heavy atom. The minimum atomic E-state index is -4.76. The zero-order chi connectivity index (χ0) is 17.4. The number of nitrogens with zero attached hydrogens (tertiary/aromatic N) is 2. The van der Waals surface area contributed by atoms with Gasteiger partial charge in [0.15, 0.2) is 5.69 Å². The van der Waals surface area contributed by atoms with Crippen LogP contribution in [0.1, 0.15) is 30.4 Å². The molecule has 0 aromatic carbocycles. The first-order chi connectivity index (χ1) is 10.6. The lowest BCUT2D eigenvalue weighted by Gasteiger charge is -2.14. The predicted octanol–water partition coefficient (Wildman–Crippen LogP) is 4.19. The Hall–Kier alpha value is -0.780. The molecule has 0 aliphatic rings. The van der Waals surface area contributed by atoms with Gasteiger partial charge in [-0.3, -0.25) is 5.10 Å². The van der Waals surface area contributed by atoms with E-state index in [2.05, 4.69) is 15.2 Å². The van der Waals surface area contributed by atoms with Crippen LogP contribution in [-0.2, 0) is 16.0 Å². The lowest BCUT2D eigenvalue weighted by atomic mass is 10.2. The van der Waals surface area contributed by atoms with Gasteiger partial charge in [0.1, 0.15) is 4.34 Å². The van der Waals surface area contributed by atoms with E-state index in [1.807, 2.05) is 0 Å². The van der Waals surface area contributed by atoms with Crippen LogP contribution >= 0.6 is 34.7 Å². The number of nitrogens with one attached hydrogen (secondary N) is 1. The summed E-state index contributed by atoms with van der Waals surface area (Å²) in [5.41, 5.74) is -1.62. The maximum atomic E-state index is 13.1. The summed E-state index contributed by atoms with van der Waals surface area (Å²) in [7, 11) is -4.12. The fourth-order valence-electron chi connectivity index (χ4n) is 1.86. The van der Waals surface area contributed by atoms with Gasteiger partial charge < -0.3 is 0 Å². The summed E-state index contributed by atoms with van der Waals surface area (Å²) in [6, 6.07) is 0. The number of hydrogen-bond acceptors (Lipinski definition) is 6. The van der Waals surface area contributed by atoms with Gasteiger partial charge in [0, 0.05) is 5.56 Å². The molecule has 0 aliphatic heterocycles. The van der Waals surface area contributed by atoms with Crippen LogP contribution in [0.5, 0.6) is 0 Å².